The maximum atomic E-state index is 12.3. The van der Waals surface area contributed by atoms with Crippen molar-refractivity contribution in [2.75, 3.05) is 25.0 Å². The SMILES string of the molecule is CC(=O)NCC(=O)N1CC[C@@H](c2[nH]ncc2-c2ccnc(NCc3ccccc3)c2)C1. The minimum absolute atomic E-state index is 0.0404. The van der Waals surface area contributed by atoms with Crippen LogP contribution in [0, 0.1) is 0 Å². The van der Waals surface area contributed by atoms with Gasteiger partial charge in [0.15, 0.2) is 0 Å². The average molecular weight is 419 g/mol. The third-order valence-electron chi connectivity index (χ3n) is 5.49. The molecule has 1 aliphatic rings. The first-order valence-corrected chi connectivity index (χ1v) is 10.4. The van der Waals surface area contributed by atoms with Crippen LogP contribution >= 0.6 is 0 Å². The Labute approximate surface area is 181 Å². The van der Waals surface area contributed by atoms with Crippen LogP contribution in [0.2, 0.25) is 0 Å². The van der Waals surface area contributed by atoms with Crippen LogP contribution in [-0.4, -0.2) is 51.5 Å². The second kappa shape index (κ2) is 9.42. The van der Waals surface area contributed by atoms with E-state index in [1.807, 2.05) is 36.5 Å². The van der Waals surface area contributed by atoms with Gasteiger partial charge in [-0.1, -0.05) is 30.3 Å². The molecular weight excluding hydrogens is 392 g/mol. The van der Waals surface area contributed by atoms with Crippen LogP contribution < -0.4 is 10.6 Å². The largest absolute Gasteiger partial charge is 0.366 e. The lowest BCUT2D eigenvalue weighted by Crippen LogP contribution is -2.38. The van der Waals surface area contributed by atoms with Crippen LogP contribution in [0.15, 0.2) is 54.9 Å². The van der Waals surface area contributed by atoms with E-state index in [0.717, 1.165) is 29.1 Å². The van der Waals surface area contributed by atoms with Gasteiger partial charge in [0.2, 0.25) is 11.8 Å². The number of rotatable bonds is 7. The number of aromatic amines is 1. The van der Waals surface area contributed by atoms with Gasteiger partial charge in [0.25, 0.3) is 0 Å². The summed E-state index contributed by atoms with van der Waals surface area (Å²) in [6.07, 6.45) is 4.47. The highest BCUT2D eigenvalue weighted by Gasteiger charge is 2.30. The van der Waals surface area contributed by atoms with Gasteiger partial charge in [-0.3, -0.25) is 14.7 Å². The molecular formula is C23H26N6O2. The molecule has 1 atom stereocenters. The molecule has 0 radical (unpaired) electrons. The monoisotopic (exact) mass is 418 g/mol. The number of amides is 2. The third-order valence-corrected chi connectivity index (χ3v) is 5.49. The fourth-order valence-corrected chi connectivity index (χ4v) is 3.85. The van der Waals surface area contributed by atoms with Crippen LogP contribution in [0.3, 0.4) is 0 Å². The molecule has 3 N–H and O–H groups in total. The lowest BCUT2D eigenvalue weighted by Gasteiger charge is -2.17. The second-order valence-corrected chi connectivity index (χ2v) is 7.70. The van der Waals surface area contributed by atoms with E-state index < -0.39 is 0 Å². The summed E-state index contributed by atoms with van der Waals surface area (Å²) in [6.45, 7) is 3.43. The third kappa shape index (κ3) is 5.09. The molecule has 0 unspecified atom stereocenters. The quantitative estimate of drug-likeness (QED) is 0.547. The van der Waals surface area contributed by atoms with Crippen LogP contribution in [-0.2, 0) is 16.1 Å². The Balaban J connectivity index is 1.44. The zero-order valence-electron chi connectivity index (χ0n) is 17.5. The molecule has 0 bridgehead atoms. The first-order valence-electron chi connectivity index (χ1n) is 10.4. The molecule has 1 fully saturated rings. The fraction of sp³-hybridized carbons (Fsp3) is 0.304. The molecule has 3 aromatic rings. The summed E-state index contributed by atoms with van der Waals surface area (Å²) >= 11 is 0. The Hall–Kier alpha value is -3.68. The molecule has 3 heterocycles. The Bertz CT molecular complexity index is 1050. The topological polar surface area (TPSA) is 103 Å². The van der Waals surface area contributed by atoms with E-state index in [2.05, 4.69) is 37.9 Å². The molecule has 31 heavy (non-hydrogen) atoms. The minimum atomic E-state index is -0.200. The fourth-order valence-electron chi connectivity index (χ4n) is 3.85. The van der Waals surface area contributed by atoms with E-state index >= 15 is 0 Å². The van der Waals surface area contributed by atoms with E-state index in [1.165, 1.54) is 12.5 Å². The van der Waals surface area contributed by atoms with Crippen LogP contribution in [0.1, 0.15) is 30.5 Å². The maximum absolute atomic E-state index is 12.3. The first-order chi connectivity index (χ1) is 15.1. The van der Waals surface area contributed by atoms with Gasteiger partial charge in [-0.25, -0.2) is 4.98 Å². The van der Waals surface area contributed by atoms with Crippen LogP contribution in [0.4, 0.5) is 5.82 Å². The van der Waals surface area contributed by atoms with E-state index in [1.54, 1.807) is 11.1 Å². The molecule has 1 aromatic carbocycles. The van der Waals surface area contributed by atoms with Gasteiger partial charge in [0, 0.05) is 49.9 Å². The van der Waals surface area contributed by atoms with Gasteiger partial charge >= 0.3 is 0 Å². The van der Waals surface area contributed by atoms with Crippen molar-refractivity contribution in [3.8, 4) is 11.1 Å². The van der Waals surface area contributed by atoms with Gasteiger partial charge in [0.05, 0.1) is 12.7 Å². The highest BCUT2D eigenvalue weighted by molar-refractivity contribution is 5.84. The molecule has 8 heteroatoms. The first kappa shape index (κ1) is 20.6. The molecule has 0 saturated carbocycles. The Morgan fingerprint density at radius 1 is 1.23 bits per heavy atom. The van der Waals surface area contributed by atoms with Crippen LogP contribution in [0.25, 0.3) is 11.1 Å². The normalized spacial score (nSPS) is 15.6. The van der Waals surface area contributed by atoms with Crippen molar-refractivity contribution in [3.63, 3.8) is 0 Å². The molecule has 1 saturated heterocycles. The summed E-state index contributed by atoms with van der Waals surface area (Å²) in [6, 6.07) is 14.2. The summed E-state index contributed by atoms with van der Waals surface area (Å²) in [5, 5.41) is 13.3. The lowest BCUT2D eigenvalue weighted by molar-refractivity contribution is -0.131. The molecule has 2 amide bonds. The number of aromatic nitrogens is 3. The zero-order chi connectivity index (χ0) is 21.6. The summed E-state index contributed by atoms with van der Waals surface area (Å²) in [7, 11) is 0. The molecule has 1 aliphatic heterocycles. The number of hydrogen-bond donors (Lipinski definition) is 3. The molecule has 8 nitrogen and oxygen atoms in total. The predicted octanol–water partition coefficient (Wildman–Crippen LogP) is 2.54. The second-order valence-electron chi connectivity index (χ2n) is 7.70. The van der Waals surface area contributed by atoms with Gasteiger partial charge in [0.1, 0.15) is 5.82 Å². The smallest absolute Gasteiger partial charge is 0.241 e. The maximum Gasteiger partial charge on any atom is 0.241 e. The average Bonchev–Trinajstić information content (AvgIpc) is 3.46. The van der Waals surface area contributed by atoms with Crippen molar-refractivity contribution in [1.29, 1.82) is 0 Å². The Morgan fingerprint density at radius 3 is 2.87 bits per heavy atom. The number of anilines is 1. The van der Waals surface area contributed by atoms with Crippen molar-refractivity contribution in [2.45, 2.75) is 25.8 Å². The van der Waals surface area contributed by atoms with E-state index in [4.69, 9.17) is 0 Å². The number of benzene rings is 1. The molecule has 2 aromatic heterocycles. The number of nitrogens with zero attached hydrogens (tertiary/aromatic N) is 3. The summed E-state index contributed by atoms with van der Waals surface area (Å²) in [5.74, 6) is 0.712. The van der Waals surface area contributed by atoms with Crippen molar-refractivity contribution in [1.82, 2.24) is 25.4 Å². The summed E-state index contributed by atoms with van der Waals surface area (Å²) in [5.41, 5.74) is 4.26. The van der Waals surface area contributed by atoms with E-state index in [9.17, 15) is 9.59 Å². The highest BCUT2D eigenvalue weighted by Crippen LogP contribution is 2.33. The Morgan fingerprint density at radius 2 is 2.06 bits per heavy atom. The number of likely N-dealkylation sites (tertiary alicyclic amines) is 1. The van der Waals surface area contributed by atoms with E-state index in [-0.39, 0.29) is 24.3 Å². The zero-order valence-corrected chi connectivity index (χ0v) is 17.5. The molecule has 4 rings (SSSR count). The van der Waals surface area contributed by atoms with Gasteiger partial charge in [-0.2, -0.15) is 5.10 Å². The number of carbonyl (C=O) groups is 2. The van der Waals surface area contributed by atoms with Crippen molar-refractivity contribution >= 4 is 17.6 Å². The number of pyridine rings is 1. The van der Waals surface area contributed by atoms with Crippen molar-refractivity contribution in [3.05, 3.63) is 66.1 Å². The van der Waals surface area contributed by atoms with Gasteiger partial charge < -0.3 is 15.5 Å². The highest BCUT2D eigenvalue weighted by atomic mass is 16.2. The predicted molar refractivity (Wildman–Crippen MR) is 118 cm³/mol. The number of H-pyrrole nitrogens is 1. The lowest BCUT2D eigenvalue weighted by atomic mass is 9.97. The molecule has 0 aliphatic carbocycles. The number of hydrogen-bond acceptors (Lipinski definition) is 5. The summed E-state index contributed by atoms with van der Waals surface area (Å²) in [4.78, 5) is 29.6. The summed E-state index contributed by atoms with van der Waals surface area (Å²) < 4.78 is 0. The molecule has 160 valence electrons. The van der Waals surface area contributed by atoms with Crippen LogP contribution in [0.5, 0.6) is 0 Å². The molecule has 0 spiro atoms. The van der Waals surface area contributed by atoms with Gasteiger partial charge in [-0.05, 0) is 29.7 Å². The Kier molecular flexibility index (Phi) is 6.26. The number of nitrogens with one attached hydrogen (secondary N) is 3. The van der Waals surface area contributed by atoms with Gasteiger partial charge in [-0.15, -0.1) is 0 Å². The van der Waals surface area contributed by atoms with Crippen molar-refractivity contribution in [2.24, 2.45) is 0 Å². The number of carbonyl (C=O) groups excluding carboxylic acids is 2. The minimum Gasteiger partial charge on any atom is -0.366 e. The standard InChI is InChI=1S/C23H26N6O2/c1-16(30)25-14-22(31)29-10-8-19(15-29)23-20(13-27-28-23)18-7-9-24-21(11-18)26-12-17-5-3-2-4-6-17/h2-7,9,11,13,19H,8,10,12,14-15H2,1H3,(H,24,26)(H,25,30)(H,27,28)/t19-/m1/s1. The van der Waals surface area contributed by atoms with Crippen molar-refractivity contribution < 1.29 is 9.59 Å². The van der Waals surface area contributed by atoms with E-state index in [0.29, 0.717) is 19.6 Å².